The van der Waals surface area contributed by atoms with E-state index in [9.17, 15) is 4.79 Å². The average molecular weight is 423 g/mol. The molecule has 0 amide bonds. The third-order valence-electron chi connectivity index (χ3n) is 4.47. The summed E-state index contributed by atoms with van der Waals surface area (Å²) in [6, 6.07) is 13.5. The Morgan fingerprint density at radius 1 is 1.20 bits per heavy atom. The number of ketones is 1. The molecule has 30 heavy (non-hydrogen) atoms. The molecule has 0 spiro atoms. The summed E-state index contributed by atoms with van der Waals surface area (Å²) in [5.74, 6) is 1.26. The highest BCUT2D eigenvalue weighted by atomic mass is 35.5. The van der Waals surface area contributed by atoms with Crippen molar-refractivity contribution in [3.63, 3.8) is 0 Å². The van der Waals surface area contributed by atoms with Gasteiger partial charge in [0.2, 0.25) is 5.78 Å². The lowest BCUT2D eigenvalue weighted by molar-refractivity contribution is 0.104. The summed E-state index contributed by atoms with van der Waals surface area (Å²) in [7, 11) is 3.34. The van der Waals surface area contributed by atoms with Crippen LogP contribution in [0.1, 0.15) is 27.2 Å². The Hall–Kier alpha value is -3.31. The van der Waals surface area contributed by atoms with Crippen molar-refractivity contribution < 1.29 is 14.3 Å². The first-order chi connectivity index (χ1) is 14.5. The number of hydrogen-bond donors (Lipinski definition) is 0. The van der Waals surface area contributed by atoms with Gasteiger partial charge >= 0.3 is 0 Å². The van der Waals surface area contributed by atoms with E-state index in [1.807, 2.05) is 48.5 Å². The van der Waals surface area contributed by atoms with E-state index >= 15 is 0 Å². The molecular formula is C24H23ClN2O3. The van der Waals surface area contributed by atoms with Crippen LogP contribution in [0.4, 0.5) is 0 Å². The van der Waals surface area contributed by atoms with E-state index in [-0.39, 0.29) is 11.5 Å². The van der Waals surface area contributed by atoms with Crippen LogP contribution in [-0.4, -0.2) is 22.7 Å². The smallest absolute Gasteiger partial charge is 0.207 e. The van der Waals surface area contributed by atoms with Gasteiger partial charge in [-0.15, -0.1) is 6.58 Å². The van der Waals surface area contributed by atoms with E-state index in [0.717, 1.165) is 28.9 Å². The number of halogens is 1. The Morgan fingerprint density at radius 2 is 2.00 bits per heavy atom. The fraction of sp³-hybridized carbons (Fsp3) is 0.167. The Labute approximate surface area is 181 Å². The fourth-order valence-corrected chi connectivity index (χ4v) is 3.29. The highest BCUT2D eigenvalue weighted by molar-refractivity contribution is 6.34. The van der Waals surface area contributed by atoms with Crippen LogP contribution in [0.25, 0.3) is 6.08 Å². The Morgan fingerprint density at radius 3 is 2.70 bits per heavy atom. The van der Waals surface area contributed by atoms with Crippen molar-refractivity contribution in [3.8, 4) is 11.5 Å². The third kappa shape index (κ3) is 5.19. The van der Waals surface area contributed by atoms with E-state index in [1.165, 1.54) is 10.8 Å². The number of aromatic nitrogens is 2. The van der Waals surface area contributed by atoms with Crippen molar-refractivity contribution in [1.82, 2.24) is 9.78 Å². The monoisotopic (exact) mass is 422 g/mol. The van der Waals surface area contributed by atoms with Crippen LogP contribution in [0.5, 0.6) is 11.5 Å². The third-order valence-corrected chi connectivity index (χ3v) is 4.75. The van der Waals surface area contributed by atoms with Gasteiger partial charge in [0.25, 0.3) is 0 Å². The van der Waals surface area contributed by atoms with Crippen LogP contribution in [0.2, 0.25) is 5.02 Å². The van der Waals surface area contributed by atoms with E-state index in [0.29, 0.717) is 17.4 Å². The maximum Gasteiger partial charge on any atom is 0.207 e. The zero-order valence-corrected chi connectivity index (χ0v) is 17.7. The summed E-state index contributed by atoms with van der Waals surface area (Å²) in [6.45, 7) is 4.13. The standard InChI is InChI=1S/C24H23ClN2O3/c1-4-7-18-8-5-6-9-23(18)30-16-19-14-17(11-13-22(19)29-3)10-12-21(28)24-20(25)15-27(2)26-24/h4-6,8-15H,1,7,16H2,2-3H3/b12-10+. The number of carbonyl (C=O) groups excluding carboxylic acids is 1. The molecule has 5 nitrogen and oxygen atoms in total. The van der Waals surface area contributed by atoms with Crippen molar-refractivity contribution in [2.45, 2.75) is 13.0 Å². The molecule has 0 aliphatic rings. The number of rotatable bonds is 9. The molecule has 0 bridgehead atoms. The number of aryl methyl sites for hydroxylation is 1. The molecule has 1 aromatic heterocycles. The van der Waals surface area contributed by atoms with E-state index < -0.39 is 0 Å². The second-order valence-corrected chi connectivity index (χ2v) is 7.06. The molecule has 154 valence electrons. The largest absolute Gasteiger partial charge is 0.496 e. The highest BCUT2D eigenvalue weighted by Crippen LogP contribution is 2.25. The molecule has 6 heteroatoms. The van der Waals surface area contributed by atoms with Crippen LogP contribution in [0.15, 0.2) is 67.4 Å². The molecule has 0 atom stereocenters. The molecular weight excluding hydrogens is 400 g/mol. The minimum atomic E-state index is -0.257. The number of hydrogen-bond acceptors (Lipinski definition) is 4. The Kier molecular flexibility index (Phi) is 7.09. The quantitative estimate of drug-likeness (QED) is 0.267. The molecule has 0 saturated carbocycles. The number of carbonyl (C=O) groups is 1. The van der Waals surface area contributed by atoms with Crippen LogP contribution >= 0.6 is 11.6 Å². The first-order valence-corrected chi connectivity index (χ1v) is 9.79. The van der Waals surface area contributed by atoms with E-state index in [1.54, 1.807) is 26.4 Å². The average Bonchev–Trinajstić information content (AvgIpc) is 3.09. The van der Waals surface area contributed by atoms with Crippen LogP contribution in [-0.2, 0) is 20.1 Å². The molecule has 3 aromatic rings. The summed E-state index contributed by atoms with van der Waals surface area (Å²) >= 11 is 6.04. The summed E-state index contributed by atoms with van der Waals surface area (Å²) in [4.78, 5) is 12.4. The number of para-hydroxylation sites is 1. The molecule has 2 aromatic carbocycles. The van der Waals surface area contributed by atoms with E-state index in [4.69, 9.17) is 21.1 Å². The number of benzene rings is 2. The number of allylic oxidation sites excluding steroid dienone is 2. The van der Waals surface area contributed by atoms with Crippen molar-refractivity contribution >= 4 is 23.5 Å². The minimum Gasteiger partial charge on any atom is -0.496 e. The lowest BCUT2D eigenvalue weighted by Gasteiger charge is -2.13. The summed E-state index contributed by atoms with van der Waals surface area (Å²) in [5.41, 5.74) is 3.01. The maximum absolute atomic E-state index is 12.4. The molecule has 0 aliphatic heterocycles. The zero-order valence-electron chi connectivity index (χ0n) is 17.0. The maximum atomic E-state index is 12.4. The lowest BCUT2D eigenvalue weighted by atomic mass is 10.1. The number of ether oxygens (including phenoxy) is 2. The van der Waals surface area contributed by atoms with Gasteiger partial charge in [0.05, 0.1) is 12.1 Å². The van der Waals surface area contributed by atoms with Gasteiger partial charge in [0, 0.05) is 18.8 Å². The minimum absolute atomic E-state index is 0.228. The molecule has 0 N–H and O–H groups in total. The predicted molar refractivity (Wildman–Crippen MR) is 119 cm³/mol. The van der Waals surface area contributed by atoms with Gasteiger partial charge in [-0.1, -0.05) is 48.0 Å². The van der Waals surface area contributed by atoms with Crippen molar-refractivity contribution in [2.75, 3.05) is 7.11 Å². The van der Waals surface area contributed by atoms with Crippen LogP contribution < -0.4 is 9.47 Å². The zero-order chi connectivity index (χ0) is 21.5. The summed E-state index contributed by atoms with van der Waals surface area (Å²) < 4.78 is 13.0. The molecule has 0 radical (unpaired) electrons. The fourth-order valence-electron chi connectivity index (χ4n) is 3.02. The first kappa shape index (κ1) is 21.4. The molecule has 0 fully saturated rings. The van der Waals surface area contributed by atoms with Crippen molar-refractivity contribution in [2.24, 2.45) is 7.05 Å². The van der Waals surface area contributed by atoms with Gasteiger partial charge in [-0.3, -0.25) is 9.48 Å². The van der Waals surface area contributed by atoms with Gasteiger partial charge in [0.15, 0.2) is 5.69 Å². The van der Waals surface area contributed by atoms with Gasteiger partial charge in [-0.2, -0.15) is 5.10 Å². The molecule has 0 saturated heterocycles. The van der Waals surface area contributed by atoms with Crippen molar-refractivity contribution in [1.29, 1.82) is 0 Å². The normalized spacial score (nSPS) is 10.9. The molecule has 3 rings (SSSR count). The highest BCUT2D eigenvalue weighted by Gasteiger charge is 2.12. The van der Waals surface area contributed by atoms with Gasteiger partial charge in [0.1, 0.15) is 18.1 Å². The number of nitrogens with zero attached hydrogens (tertiary/aromatic N) is 2. The van der Waals surface area contributed by atoms with Gasteiger partial charge in [-0.05, 0) is 41.8 Å². The summed E-state index contributed by atoms with van der Waals surface area (Å²) in [6.07, 6.45) is 7.35. The molecule has 1 heterocycles. The topological polar surface area (TPSA) is 53.3 Å². The molecule has 0 unspecified atom stereocenters. The van der Waals surface area contributed by atoms with Crippen LogP contribution in [0.3, 0.4) is 0 Å². The van der Waals surface area contributed by atoms with E-state index in [2.05, 4.69) is 11.7 Å². The Balaban J connectivity index is 1.77. The van der Waals surface area contributed by atoms with Gasteiger partial charge < -0.3 is 9.47 Å². The SMILES string of the molecule is C=CCc1ccccc1OCc1cc(/C=C/C(=O)c2nn(C)cc2Cl)ccc1OC. The molecule has 0 aliphatic carbocycles. The second kappa shape index (κ2) is 9.94. The van der Waals surface area contributed by atoms with Gasteiger partial charge in [-0.25, -0.2) is 0 Å². The number of methoxy groups -OCH3 is 1. The summed E-state index contributed by atoms with van der Waals surface area (Å²) in [5, 5.41) is 4.42. The second-order valence-electron chi connectivity index (χ2n) is 6.66. The van der Waals surface area contributed by atoms with Crippen molar-refractivity contribution in [3.05, 3.63) is 94.8 Å². The first-order valence-electron chi connectivity index (χ1n) is 9.42. The predicted octanol–water partition coefficient (Wildman–Crippen LogP) is 5.29. The lowest BCUT2D eigenvalue weighted by Crippen LogP contribution is -2.01. The van der Waals surface area contributed by atoms with Crippen LogP contribution in [0, 0.1) is 0 Å². The Bertz CT molecular complexity index is 1090.